The number of allylic oxidation sites excluding steroid dienone is 1. The first-order chi connectivity index (χ1) is 26.7. The van der Waals surface area contributed by atoms with Crippen molar-refractivity contribution < 1.29 is 8.83 Å². The summed E-state index contributed by atoms with van der Waals surface area (Å²) in [5.41, 5.74) is 13.0. The highest BCUT2D eigenvalue weighted by molar-refractivity contribution is 6.12. The third-order valence-electron chi connectivity index (χ3n) is 12.6. The number of furan rings is 2. The quantitative estimate of drug-likeness (QED) is 0.172. The zero-order valence-corrected chi connectivity index (χ0v) is 30.1. The van der Waals surface area contributed by atoms with Crippen LogP contribution in [0, 0.1) is 12.8 Å². The van der Waals surface area contributed by atoms with Gasteiger partial charge in [-0.2, -0.15) is 0 Å². The van der Waals surface area contributed by atoms with E-state index in [0.29, 0.717) is 11.8 Å². The molecule has 3 aromatic heterocycles. The fourth-order valence-electron chi connectivity index (χ4n) is 10.1. The summed E-state index contributed by atoms with van der Waals surface area (Å²) in [6, 6.07) is 48.8. The lowest BCUT2D eigenvalue weighted by atomic mass is 9.75. The number of hydrogen-bond acceptors (Lipinski definition) is 2. The molecule has 0 fully saturated rings. The Morgan fingerprint density at radius 3 is 2.28 bits per heavy atom. The van der Waals surface area contributed by atoms with Crippen LogP contribution in [-0.4, -0.2) is 4.57 Å². The first-order valence-electron chi connectivity index (χ1n) is 19.4. The molecular weight excluding hydrogens is 659 g/mol. The van der Waals surface area contributed by atoms with Crippen molar-refractivity contribution in [3.63, 3.8) is 0 Å². The molecule has 2 aliphatic rings. The SMILES string of the molecule is Cc1ccc(-c2ccc3c(c2)c2c(n3-c3ccc4ccc5ccccc5c4c3)C=CC(C3CCCc4c3oc3ccccc43)C2)c2oc3ccccc3c12. The van der Waals surface area contributed by atoms with Crippen molar-refractivity contribution in [3.05, 3.63) is 168 Å². The predicted molar refractivity (Wildman–Crippen MR) is 224 cm³/mol. The Balaban J connectivity index is 1.07. The second kappa shape index (κ2) is 11.3. The van der Waals surface area contributed by atoms with Gasteiger partial charge in [0.15, 0.2) is 0 Å². The molecule has 2 atom stereocenters. The van der Waals surface area contributed by atoms with E-state index in [2.05, 4.69) is 157 Å². The van der Waals surface area contributed by atoms with Gasteiger partial charge in [0.05, 0.1) is 5.52 Å². The minimum atomic E-state index is 0.349. The highest BCUT2D eigenvalue weighted by Gasteiger charge is 2.34. The van der Waals surface area contributed by atoms with E-state index >= 15 is 0 Å². The number of nitrogens with zero attached hydrogens (tertiary/aromatic N) is 1. The van der Waals surface area contributed by atoms with Crippen LogP contribution in [0.25, 0.3) is 88.2 Å². The van der Waals surface area contributed by atoms with Crippen molar-refractivity contribution in [3.8, 4) is 16.8 Å². The van der Waals surface area contributed by atoms with Gasteiger partial charge in [-0.1, -0.05) is 103 Å². The van der Waals surface area contributed by atoms with Crippen molar-refractivity contribution in [1.29, 1.82) is 0 Å². The molecule has 0 radical (unpaired) electrons. The van der Waals surface area contributed by atoms with E-state index in [9.17, 15) is 0 Å². The van der Waals surface area contributed by atoms with Gasteiger partial charge in [-0.3, -0.25) is 0 Å². The Kier molecular flexibility index (Phi) is 6.34. The number of benzene rings is 7. The summed E-state index contributed by atoms with van der Waals surface area (Å²) in [6.07, 6.45) is 9.29. The second-order valence-corrected chi connectivity index (χ2v) is 15.5. The van der Waals surface area contributed by atoms with Gasteiger partial charge in [0.1, 0.15) is 22.5 Å². The normalized spacial score (nSPS) is 17.0. The van der Waals surface area contributed by atoms with Gasteiger partial charge in [0, 0.05) is 50.0 Å². The van der Waals surface area contributed by atoms with Crippen molar-refractivity contribution in [2.24, 2.45) is 5.92 Å². The Hall–Kier alpha value is -6.32. The topological polar surface area (TPSA) is 31.2 Å². The van der Waals surface area contributed by atoms with Crippen LogP contribution in [-0.2, 0) is 12.8 Å². The molecule has 12 rings (SSSR count). The lowest BCUT2D eigenvalue weighted by Gasteiger charge is -2.29. The molecule has 2 aliphatic carbocycles. The molecule has 7 aromatic carbocycles. The van der Waals surface area contributed by atoms with E-state index in [1.807, 2.05) is 0 Å². The van der Waals surface area contributed by atoms with Gasteiger partial charge in [-0.15, -0.1) is 0 Å². The van der Waals surface area contributed by atoms with Gasteiger partial charge in [-0.05, 0) is 119 Å². The van der Waals surface area contributed by atoms with E-state index in [1.165, 1.54) is 94.4 Å². The first-order valence-corrected chi connectivity index (χ1v) is 19.4. The Morgan fingerprint density at radius 2 is 1.39 bits per heavy atom. The molecule has 3 heterocycles. The number of para-hydroxylation sites is 2. The maximum absolute atomic E-state index is 6.69. The van der Waals surface area contributed by atoms with Crippen molar-refractivity contribution in [2.45, 2.75) is 38.5 Å². The standard InChI is InChI=1S/C51H37NO2/c1-30-17-24-38(51-49(30)41-12-5-7-16-48(41)54-51)34-22-26-46-44(28-34)43-27-33(37-13-8-14-40-39-11-4-6-15-47(39)53-50(37)40)21-25-45(43)52(46)35-23-20-32-19-18-31-9-2-3-10-36(31)42(32)29-35/h2-7,9-12,15-26,28-29,33,37H,8,13-14,27H2,1H3. The molecule has 0 amide bonds. The van der Waals surface area contributed by atoms with E-state index in [1.54, 1.807) is 0 Å². The van der Waals surface area contributed by atoms with Gasteiger partial charge in [0.25, 0.3) is 0 Å². The molecule has 258 valence electrons. The fraction of sp³-hybridized carbons (Fsp3) is 0.137. The molecule has 54 heavy (non-hydrogen) atoms. The van der Waals surface area contributed by atoms with Crippen molar-refractivity contribution in [1.82, 2.24) is 4.57 Å². The minimum absolute atomic E-state index is 0.349. The first kappa shape index (κ1) is 30.2. The zero-order chi connectivity index (χ0) is 35.5. The van der Waals surface area contributed by atoms with Crippen LogP contribution in [0.1, 0.15) is 46.9 Å². The number of hydrogen-bond donors (Lipinski definition) is 0. The molecule has 0 bridgehead atoms. The number of fused-ring (bicyclic) bond motifs is 12. The smallest absolute Gasteiger partial charge is 0.143 e. The molecule has 2 unspecified atom stereocenters. The maximum atomic E-state index is 6.69. The van der Waals surface area contributed by atoms with Crippen LogP contribution in [0.3, 0.4) is 0 Å². The highest BCUT2D eigenvalue weighted by Crippen LogP contribution is 2.47. The van der Waals surface area contributed by atoms with E-state index in [0.717, 1.165) is 41.6 Å². The largest absolute Gasteiger partial charge is 0.460 e. The Morgan fingerprint density at radius 1 is 0.630 bits per heavy atom. The van der Waals surface area contributed by atoms with E-state index in [-0.39, 0.29) is 0 Å². The monoisotopic (exact) mass is 695 g/mol. The summed E-state index contributed by atoms with van der Waals surface area (Å²) >= 11 is 0. The van der Waals surface area contributed by atoms with E-state index < -0.39 is 0 Å². The van der Waals surface area contributed by atoms with Crippen molar-refractivity contribution >= 4 is 71.4 Å². The van der Waals surface area contributed by atoms with Gasteiger partial charge >= 0.3 is 0 Å². The average molecular weight is 696 g/mol. The zero-order valence-electron chi connectivity index (χ0n) is 30.1. The third kappa shape index (κ3) is 4.30. The summed E-state index contributed by atoms with van der Waals surface area (Å²) in [5, 5.41) is 10.1. The molecular formula is C51H37NO2. The van der Waals surface area contributed by atoms with E-state index in [4.69, 9.17) is 8.83 Å². The van der Waals surface area contributed by atoms with Gasteiger partial charge in [0.2, 0.25) is 0 Å². The van der Waals surface area contributed by atoms with Crippen molar-refractivity contribution in [2.75, 3.05) is 0 Å². The Bertz CT molecular complexity index is 3200. The van der Waals surface area contributed by atoms with Crippen LogP contribution in [0.2, 0.25) is 0 Å². The Labute approximate surface area is 312 Å². The molecule has 3 heteroatoms. The second-order valence-electron chi connectivity index (χ2n) is 15.5. The molecule has 0 saturated carbocycles. The summed E-state index contributed by atoms with van der Waals surface area (Å²) < 4.78 is 15.8. The molecule has 3 nitrogen and oxygen atoms in total. The third-order valence-corrected chi connectivity index (χ3v) is 12.6. The lowest BCUT2D eigenvalue weighted by molar-refractivity contribution is 0.366. The molecule has 0 aliphatic heterocycles. The minimum Gasteiger partial charge on any atom is -0.460 e. The lowest BCUT2D eigenvalue weighted by Crippen LogP contribution is -2.20. The van der Waals surface area contributed by atoms with Crippen LogP contribution in [0.4, 0.5) is 0 Å². The summed E-state index contributed by atoms with van der Waals surface area (Å²) in [7, 11) is 0. The summed E-state index contributed by atoms with van der Waals surface area (Å²) in [5.74, 6) is 1.91. The van der Waals surface area contributed by atoms with Crippen LogP contribution in [0.5, 0.6) is 0 Å². The van der Waals surface area contributed by atoms with Gasteiger partial charge in [-0.25, -0.2) is 0 Å². The van der Waals surface area contributed by atoms with Gasteiger partial charge < -0.3 is 13.4 Å². The predicted octanol–water partition coefficient (Wildman–Crippen LogP) is 13.9. The molecule has 0 saturated heterocycles. The number of aromatic nitrogens is 1. The molecule has 0 spiro atoms. The number of rotatable bonds is 3. The summed E-state index contributed by atoms with van der Waals surface area (Å²) in [6.45, 7) is 2.19. The van der Waals surface area contributed by atoms with Crippen LogP contribution < -0.4 is 0 Å². The average Bonchev–Trinajstić information content (AvgIpc) is 3.90. The van der Waals surface area contributed by atoms with Crippen LogP contribution in [0.15, 0.2) is 148 Å². The number of aryl methyl sites for hydroxylation is 2. The highest BCUT2D eigenvalue weighted by atomic mass is 16.3. The molecule has 0 N–H and O–H groups in total. The molecule has 10 aromatic rings. The fourth-order valence-corrected chi connectivity index (χ4v) is 10.1. The summed E-state index contributed by atoms with van der Waals surface area (Å²) in [4.78, 5) is 0. The maximum Gasteiger partial charge on any atom is 0.143 e. The van der Waals surface area contributed by atoms with Crippen LogP contribution >= 0.6 is 0 Å².